The molecule has 1 saturated carbocycles. The minimum Gasteiger partial charge on any atom is -0.393 e. The smallest absolute Gasteiger partial charge is 0.237 e. The Kier molecular flexibility index (Phi) is 4.95. The van der Waals surface area contributed by atoms with Crippen LogP contribution < -0.4 is 11.1 Å². The lowest BCUT2D eigenvalue weighted by molar-refractivity contribution is -0.124. The Labute approximate surface area is 104 Å². The van der Waals surface area contributed by atoms with E-state index in [9.17, 15) is 9.90 Å². The lowest BCUT2D eigenvalue weighted by Gasteiger charge is -2.30. The molecular weight excluding hydrogens is 216 g/mol. The molecule has 0 aliphatic heterocycles. The van der Waals surface area contributed by atoms with Crippen molar-refractivity contribution in [2.45, 2.75) is 58.6 Å². The molecule has 1 aliphatic rings. The maximum absolute atomic E-state index is 11.8. The molecule has 0 radical (unpaired) electrons. The Morgan fingerprint density at radius 3 is 2.53 bits per heavy atom. The van der Waals surface area contributed by atoms with Gasteiger partial charge in [0, 0.05) is 12.5 Å². The van der Waals surface area contributed by atoms with Crippen LogP contribution in [0.15, 0.2) is 0 Å². The van der Waals surface area contributed by atoms with Crippen LogP contribution >= 0.6 is 0 Å². The molecule has 1 aliphatic carbocycles. The van der Waals surface area contributed by atoms with E-state index in [4.69, 9.17) is 5.73 Å². The summed E-state index contributed by atoms with van der Waals surface area (Å²) in [5, 5.41) is 12.7. The minimum absolute atomic E-state index is 0.115. The van der Waals surface area contributed by atoms with Crippen LogP contribution in [0.25, 0.3) is 0 Å². The molecule has 0 saturated heterocycles. The summed E-state index contributed by atoms with van der Waals surface area (Å²) >= 11 is 0. The molecule has 4 N–H and O–H groups in total. The summed E-state index contributed by atoms with van der Waals surface area (Å²) in [5.74, 6) is 0.0788. The molecule has 1 fully saturated rings. The highest BCUT2D eigenvalue weighted by atomic mass is 16.3. The largest absolute Gasteiger partial charge is 0.393 e. The molecular formula is C13H26N2O2. The predicted molar refractivity (Wildman–Crippen MR) is 68.4 cm³/mol. The van der Waals surface area contributed by atoms with Crippen LogP contribution in [0, 0.1) is 11.3 Å². The summed E-state index contributed by atoms with van der Waals surface area (Å²) in [5.41, 5.74) is 5.64. The van der Waals surface area contributed by atoms with E-state index < -0.39 is 6.04 Å². The number of nitrogens with one attached hydrogen (secondary N) is 1. The summed E-state index contributed by atoms with van der Waals surface area (Å²) < 4.78 is 0. The molecule has 0 spiro atoms. The summed E-state index contributed by atoms with van der Waals surface area (Å²) in [4.78, 5) is 11.8. The van der Waals surface area contributed by atoms with Crippen molar-refractivity contribution >= 4 is 5.91 Å². The zero-order valence-corrected chi connectivity index (χ0v) is 11.2. The molecule has 0 aromatic carbocycles. The van der Waals surface area contributed by atoms with E-state index in [0.29, 0.717) is 6.54 Å². The van der Waals surface area contributed by atoms with E-state index in [0.717, 1.165) is 25.7 Å². The summed E-state index contributed by atoms with van der Waals surface area (Å²) in [6.45, 7) is 6.40. The van der Waals surface area contributed by atoms with Gasteiger partial charge in [0.1, 0.15) is 0 Å². The fraction of sp³-hybridized carbons (Fsp3) is 0.923. The van der Waals surface area contributed by atoms with E-state index in [1.54, 1.807) is 0 Å². The van der Waals surface area contributed by atoms with Gasteiger partial charge < -0.3 is 16.2 Å². The van der Waals surface area contributed by atoms with Gasteiger partial charge in [-0.1, -0.05) is 33.6 Å². The van der Waals surface area contributed by atoms with Gasteiger partial charge in [0.25, 0.3) is 0 Å². The normalized spacial score (nSPS) is 27.6. The maximum Gasteiger partial charge on any atom is 0.237 e. The molecule has 0 heterocycles. The van der Waals surface area contributed by atoms with Gasteiger partial charge in [-0.25, -0.2) is 0 Å². The molecule has 17 heavy (non-hydrogen) atoms. The van der Waals surface area contributed by atoms with Crippen LogP contribution in [-0.2, 0) is 4.79 Å². The van der Waals surface area contributed by atoms with Crippen molar-refractivity contribution in [1.82, 2.24) is 5.32 Å². The Morgan fingerprint density at radius 2 is 2.00 bits per heavy atom. The number of hydrogen-bond donors (Lipinski definition) is 3. The van der Waals surface area contributed by atoms with Crippen LogP contribution in [0.2, 0.25) is 0 Å². The molecule has 0 aromatic heterocycles. The van der Waals surface area contributed by atoms with Crippen LogP contribution in [-0.4, -0.2) is 29.7 Å². The Hall–Kier alpha value is -0.610. The van der Waals surface area contributed by atoms with Gasteiger partial charge in [-0.3, -0.25) is 4.79 Å². The summed E-state index contributed by atoms with van der Waals surface area (Å²) in [6.07, 6.45) is 3.81. The Morgan fingerprint density at radius 1 is 1.41 bits per heavy atom. The zero-order chi connectivity index (χ0) is 13.1. The van der Waals surface area contributed by atoms with E-state index in [1.807, 2.05) is 20.8 Å². The van der Waals surface area contributed by atoms with Crippen molar-refractivity contribution in [3.8, 4) is 0 Å². The molecule has 100 valence electrons. The predicted octanol–water partition coefficient (Wildman–Crippen LogP) is 1.03. The number of nitrogens with two attached hydrogens (primary N) is 1. The van der Waals surface area contributed by atoms with Crippen molar-refractivity contribution < 1.29 is 9.90 Å². The molecule has 3 atom stereocenters. The Bertz CT molecular complexity index is 261. The number of aliphatic hydroxyl groups is 1. The van der Waals surface area contributed by atoms with Gasteiger partial charge in [-0.05, 0) is 18.3 Å². The van der Waals surface area contributed by atoms with Gasteiger partial charge in [0.2, 0.25) is 5.91 Å². The lowest BCUT2D eigenvalue weighted by Crippen LogP contribution is -2.50. The SMILES string of the molecule is CC(C)(C)[C@H](N)C(=O)NCC1CCCCC1O. The number of carbonyl (C=O) groups is 1. The van der Waals surface area contributed by atoms with Crippen molar-refractivity contribution in [2.24, 2.45) is 17.1 Å². The highest BCUT2D eigenvalue weighted by Gasteiger charge is 2.29. The van der Waals surface area contributed by atoms with Crippen LogP contribution in [0.4, 0.5) is 0 Å². The molecule has 4 nitrogen and oxygen atoms in total. The zero-order valence-electron chi connectivity index (χ0n) is 11.2. The quantitative estimate of drug-likeness (QED) is 0.692. The average Bonchev–Trinajstić information content (AvgIpc) is 2.25. The summed E-state index contributed by atoms with van der Waals surface area (Å²) in [6, 6.07) is -0.497. The number of rotatable bonds is 3. The maximum atomic E-state index is 11.8. The first kappa shape index (κ1) is 14.5. The van der Waals surface area contributed by atoms with Crippen LogP contribution in [0.1, 0.15) is 46.5 Å². The van der Waals surface area contributed by atoms with Crippen molar-refractivity contribution in [1.29, 1.82) is 0 Å². The van der Waals surface area contributed by atoms with Gasteiger partial charge in [0.05, 0.1) is 12.1 Å². The highest BCUT2D eigenvalue weighted by Crippen LogP contribution is 2.24. The number of aliphatic hydroxyl groups excluding tert-OH is 1. The molecule has 0 aromatic rings. The van der Waals surface area contributed by atoms with Gasteiger partial charge in [-0.15, -0.1) is 0 Å². The van der Waals surface area contributed by atoms with E-state index in [2.05, 4.69) is 5.32 Å². The monoisotopic (exact) mass is 242 g/mol. The molecule has 2 unspecified atom stereocenters. The van der Waals surface area contributed by atoms with Crippen molar-refractivity contribution in [3.63, 3.8) is 0 Å². The number of hydrogen-bond acceptors (Lipinski definition) is 3. The van der Waals surface area contributed by atoms with E-state index in [1.165, 1.54) is 0 Å². The fourth-order valence-corrected chi connectivity index (χ4v) is 2.16. The molecule has 1 rings (SSSR count). The molecule has 0 bridgehead atoms. The third-order valence-corrected chi connectivity index (χ3v) is 3.62. The molecule has 4 heteroatoms. The first-order valence-electron chi connectivity index (χ1n) is 6.53. The highest BCUT2D eigenvalue weighted by molar-refractivity contribution is 5.82. The lowest BCUT2D eigenvalue weighted by atomic mass is 9.85. The second kappa shape index (κ2) is 5.83. The molecule has 1 amide bonds. The average molecular weight is 242 g/mol. The van der Waals surface area contributed by atoms with Crippen molar-refractivity contribution in [2.75, 3.05) is 6.54 Å². The second-order valence-electron chi connectivity index (χ2n) is 6.20. The third kappa shape index (κ3) is 4.28. The summed E-state index contributed by atoms with van der Waals surface area (Å²) in [7, 11) is 0. The van der Waals surface area contributed by atoms with Gasteiger partial charge in [0.15, 0.2) is 0 Å². The van der Waals surface area contributed by atoms with Gasteiger partial charge >= 0.3 is 0 Å². The second-order valence-corrected chi connectivity index (χ2v) is 6.20. The topological polar surface area (TPSA) is 75.4 Å². The first-order chi connectivity index (χ1) is 7.82. The third-order valence-electron chi connectivity index (χ3n) is 3.62. The minimum atomic E-state index is -0.497. The van der Waals surface area contributed by atoms with E-state index in [-0.39, 0.29) is 23.3 Å². The Balaban J connectivity index is 2.37. The van der Waals surface area contributed by atoms with E-state index >= 15 is 0 Å². The standard InChI is InChI=1S/C13H26N2O2/c1-13(2,3)11(14)12(17)15-8-9-6-4-5-7-10(9)16/h9-11,16H,4-8,14H2,1-3H3,(H,15,17)/t9?,10?,11-/m1/s1. The first-order valence-corrected chi connectivity index (χ1v) is 6.53. The van der Waals surface area contributed by atoms with Crippen LogP contribution in [0.5, 0.6) is 0 Å². The van der Waals surface area contributed by atoms with Crippen LogP contribution in [0.3, 0.4) is 0 Å². The van der Waals surface area contributed by atoms with Gasteiger partial charge in [-0.2, -0.15) is 0 Å². The number of amides is 1. The van der Waals surface area contributed by atoms with Crippen molar-refractivity contribution in [3.05, 3.63) is 0 Å². The number of carbonyl (C=O) groups excluding carboxylic acids is 1. The fourth-order valence-electron chi connectivity index (χ4n) is 2.16.